The highest BCUT2D eigenvalue weighted by Crippen LogP contribution is 2.23. The van der Waals surface area contributed by atoms with E-state index in [0.29, 0.717) is 5.82 Å². The quantitative estimate of drug-likeness (QED) is 0.812. The number of nitrogen functional groups attached to an aromatic ring is 1. The van der Waals surface area contributed by atoms with Gasteiger partial charge >= 0.3 is 0 Å². The Bertz CT molecular complexity index is 416. The molecule has 1 aliphatic rings. The van der Waals surface area contributed by atoms with Gasteiger partial charge in [-0.3, -0.25) is 4.90 Å². The van der Waals surface area contributed by atoms with Gasteiger partial charge in [-0.15, -0.1) is 0 Å². The average Bonchev–Trinajstić information content (AvgIpc) is 2.32. The molecule has 2 heterocycles. The van der Waals surface area contributed by atoms with E-state index in [1.807, 2.05) is 6.92 Å². The highest BCUT2D eigenvalue weighted by atomic mass is 15.3. The molecule has 5 heteroatoms. The molecule has 2 N–H and O–H groups in total. The minimum absolute atomic E-state index is 0.242. The van der Waals surface area contributed by atoms with Crippen LogP contribution in [0.3, 0.4) is 0 Å². The number of hydrogen-bond donors (Lipinski definition) is 1. The van der Waals surface area contributed by atoms with Crippen LogP contribution in [0.5, 0.6) is 0 Å². The number of piperazine rings is 1. The summed E-state index contributed by atoms with van der Waals surface area (Å²) in [5.74, 6) is 1.56. The smallest absolute Gasteiger partial charge is 0.137 e. The Kier molecular flexibility index (Phi) is 3.43. The first-order chi connectivity index (χ1) is 8.39. The summed E-state index contributed by atoms with van der Waals surface area (Å²) < 4.78 is 0. The maximum absolute atomic E-state index is 5.84. The van der Waals surface area contributed by atoms with Gasteiger partial charge in [0, 0.05) is 37.3 Å². The first kappa shape index (κ1) is 13.1. The van der Waals surface area contributed by atoms with Gasteiger partial charge in [0.25, 0.3) is 0 Å². The molecule has 100 valence electrons. The van der Waals surface area contributed by atoms with E-state index in [9.17, 15) is 0 Å². The molecule has 1 aromatic rings. The van der Waals surface area contributed by atoms with E-state index in [-0.39, 0.29) is 5.54 Å². The predicted molar refractivity (Wildman–Crippen MR) is 74.7 cm³/mol. The van der Waals surface area contributed by atoms with E-state index in [4.69, 9.17) is 5.73 Å². The topological polar surface area (TPSA) is 58.3 Å². The van der Waals surface area contributed by atoms with Gasteiger partial charge in [0.15, 0.2) is 0 Å². The summed E-state index contributed by atoms with van der Waals surface area (Å²) >= 11 is 0. The number of rotatable bonds is 1. The Balaban J connectivity index is 2.08. The minimum atomic E-state index is 0.242. The van der Waals surface area contributed by atoms with Gasteiger partial charge in [-0.25, -0.2) is 9.97 Å². The first-order valence-electron chi connectivity index (χ1n) is 6.46. The Morgan fingerprint density at radius 1 is 1.11 bits per heavy atom. The van der Waals surface area contributed by atoms with Gasteiger partial charge in [-0.1, -0.05) is 0 Å². The molecule has 18 heavy (non-hydrogen) atoms. The zero-order valence-electron chi connectivity index (χ0n) is 11.8. The van der Waals surface area contributed by atoms with E-state index in [1.165, 1.54) is 0 Å². The number of nitrogens with zero attached hydrogens (tertiary/aromatic N) is 4. The largest absolute Gasteiger partial charge is 0.383 e. The third kappa shape index (κ3) is 2.56. The van der Waals surface area contributed by atoms with Crippen LogP contribution in [-0.4, -0.2) is 46.6 Å². The molecule has 1 saturated heterocycles. The fourth-order valence-electron chi connectivity index (χ4n) is 2.36. The van der Waals surface area contributed by atoms with Crippen LogP contribution in [0.25, 0.3) is 0 Å². The molecule has 5 nitrogen and oxygen atoms in total. The van der Waals surface area contributed by atoms with Gasteiger partial charge in [0.2, 0.25) is 0 Å². The summed E-state index contributed by atoms with van der Waals surface area (Å²) in [6, 6.07) is 0. The van der Waals surface area contributed by atoms with E-state index in [0.717, 1.165) is 37.6 Å². The van der Waals surface area contributed by atoms with Crippen molar-refractivity contribution in [2.24, 2.45) is 0 Å². The summed E-state index contributed by atoms with van der Waals surface area (Å²) in [6.45, 7) is 12.9. The van der Waals surface area contributed by atoms with Crippen molar-refractivity contribution in [2.45, 2.75) is 33.2 Å². The second-order valence-corrected chi connectivity index (χ2v) is 5.85. The lowest BCUT2D eigenvalue weighted by Gasteiger charge is -2.42. The molecule has 0 aliphatic carbocycles. The second-order valence-electron chi connectivity index (χ2n) is 5.85. The molecule has 0 saturated carbocycles. The Morgan fingerprint density at radius 2 is 1.72 bits per heavy atom. The molecule has 0 radical (unpaired) electrons. The lowest BCUT2D eigenvalue weighted by Crippen LogP contribution is -2.53. The summed E-state index contributed by atoms with van der Waals surface area (Å²) in [7, 11) is 0. The van der Waals surface area contributed by atoms with Crippen molar-refractivity contribution in [2.75, 3.05) is 36.8 Å². The average molecular weight is 249 g/mol. The van der Waals surface area contributed by atoms with Crippen molar-refractivity contribution in [3.63, 3.8) is 0 Å². The Morgan fingerprint density at radius 3 is 2.28 bits per heavy atom. The molecule has 1 aliphatic heterocycles. The highest BCUT2D eigenvalue weighted by molar-refractivity contribution is 5.55. The fraction of sp³-hybridized carbons (Fsp3) is 0.692. The summed E-state index contributed by atoms with van der Waals surface area (Å²) in [4.78, 5) is 13.2. The molecule has 0 spiro atoms. The molecule has 0 atom stereocenters. The van der Waals surface area contributed by atoms with Crippen LogP contribution in [-0.2, 0) is 0 Å². The number of nitrogens with two attached hydrogens (primary N) is 1. The van der Waals surface area contributed by atoms with E-state index < -0.39 is 0 Å². The third-order valence-corrected chi connectivity index (χ3v) is 3.62. The lowest BCUT2D eigenvalue weighted by atomic mass is 10.0. The standard InChI is InChI=1S/C13H23N5/c1-10-11(14)15-9-16-12(10)17-5-7-18(8-6-17)13(2,3)4/h9H,5-8H2,1-4H3,(H2,14,15,16). The van der Waals surface area contributed by atoms with Crippen LogP contribution >= 0.6 is 0 Å². The van der Waals surface area contributed by atoms with Crippen LogP contribution in [0.15, 0.2) is 6.33 Å². The molecular weight excluding hydrogens is 226 g/mol. The summed E-state index contributed by atoms with van der Waals surface area (Å²) in [5.41, 5.74) is 7.07. The van der Waals surface area contributed by atoms with Gasteiger partial charge < -0.3 is 10.6 Å². The van der Waals surface area contributed by atoms with Gasteiger partial charge in [0.1, 0.15) is 18.0 Å². The molecule has 0 unspecified atom stereocenters. The van der Waals surface area contributed by atoms with Crippen molar-refractivity contribution in [3.05, 3.63) is 11.9 Å². The molecule has 1 aromatic heterocycles. The zero-order valence-corrected chi connectivity index (χ0v) is 11.8. The molecule has 0 bridgehead atoms. The van der Waals surface area contributed by atoms with Crippen LogP contribution in [0.2, 0.25) is 0 Å². The number of hydrogen-bond acceptors (Lipinski definition) is 5. The minimum Gasteiger partial charge on any atom is -0.383 e. The van der Waals surface area contributed by atoms with Gasteiger partial charge in [0.05, 0.1) is 0 Å². The van der Waals surface area contributed by atoms with Crippen molar-refractivity contribution in [1.29, 1.82) is 0 Å². The first-order valence-corrected chi connectivity index (χ1v) is 6.46. The van der Waals surface area contributed by atoms with Crippen LogP contribution in [0, 0.1) is 6.92 Å². The molecular formula is C13H23N5. The summed E-state index contributed by atoms with van der Waals surface area (Å²) in [6.07, 6.45) is 1.55. The van der Waals surface area contributed by atoms with Crippen LogP contribution in [0.1, 0.15) is 26.3 Å². The van der Waals surface area contributed by atoms with Crippen LogP contribution in [0.4, 0.5) is 11.6 Å². The monoisotopic (exact) mass is 249 g/mol. The van der Waals surface area contributed by atoms with Gasteiger partial charge in [-0.2, -0.15) is 0 Å². The zero-order chi connectivity index (χ0) is 13.3. The summed E-state index contributed by atoms with van der Waals surface area (Å²) in [5, 5.41) is 0. The molecule has 0 amide bonds. The number of anilines is 2. The van der Waals surface area contributed by atoms with Crippen molar-refractivity contribution in [1.82, 2.24) is 14.9 Å². The maximum Gasteiger partial charge on any atom is 0.137 e. The molecule has 0 aromatic carbocycles. The molecule has 2 rings (SSSR count). The maximum atomic E-state index is 5.84. The number of aromatic nitrogens is 2. The Labute approximate surface area is 109 Å². The Hall–Kier alpha value is -1.36. The fourth-order valence-corrected chi connectivity index (χ4v) is 2.36. The van der Waals surface area contributed by atoms with Crippen molar-refractivity contribution in [3.8, 4) is 0 Å². The van der Waals surface area contributed by atoms with E-state index in [2.05, 4.69) is 40.5 Å². The SMILES string of the molecule is Cc1c(N)ncnc1N1CCN(C(C)(C)C)CC1. The van der Waals surface area contributed by atoms with Crippen molar-refractivity contribution >= 4 is 11.6 Å². The van der Waals surface area contributed by atoms with Crippen molar-refractivity contribution < 1.29 is 0 Å². The normalized spacial score (nSPS) is 18.1. The second kappa shape index (κ2) is 4.72. The van der Waals surface area contributed by atoms with E-state index in [1.54, 1.807) is 6.33 Å². The molecule has 1 fully saturated rings. The van der Waals surface area contributed by atoms with Gasteiger partial charge in [-0.05, 0) is 27.7 Å². The highest BCUT2D eigenvalue weighted by Gasteiger charge is 2.26. The predicted octanol–water partition coefficient (Wildman–Crippen LogP) is 1.29. The van der Waals surface area contributed by atoms with E-state index >= 15 is 0 Å². The third-order valence-electron chi connectivity index (χ3n) is 3.62. The lowest BCUT2D eigenvalue weighted by molar-refractivity contribution is 0.128. The van der Waals surface area contributed by atoms with Crippen LogP contribution < -0.4 is 10.6 Å².